The molecule has 2 aromatic heterocycles. The average molecular weight is 356 g/mol. The maximum absolute atomic E-state index is 9.59. The number of nitrogens with zero attached hydrogens (tertiary/aromatic N) is 4. The highest BCUT2D eigenvalue weighted by molar-refractivity contribution is 5.74. The predicted molar refractivity (Wildman–Crippen MR) is 107 cm³/mol. The number of fused-ring (bicyclic) bond motifs is 1. The summed E-state index contributed by atoms with van der Waals surface area (Å²) in [4.78, 5) is 4.79. The Kier molecular flexibility index (Phi) is 4.20. The van der Waals surface area contributed by atoms with Crippen LogP contribution in [0.25, 0.3) is 16.9 Å². The summed E-state index contributed by atoms with van der Waals surface area (Å²) in [5.41, 5.74) is 6.54. The second-order valence-corrected chi connectivity index (χ2v) is 6.75. The first-order valence-electron chi connectivity index (χ1n) is 8.78. The molecule has 2 aromatic carbocycles. The number of pyridine rings is 1. The van der Waals surface area contributed by atoms with Crippen molar-refractivity contribution in [1.29, 1.82) is 0 Å². The topological polar surface area (TPSA) is 62.2 Å². The molecule has 1 N–H and O–H groups in total. The molecule has 0 aliphatic carbocycles. The van der Waals surface area contributed by atoms with E-state index >= 15 is 0 Å². The smallest absolute Gasteiger partial charge is 0.187 e. The van der Waals surface area contributed by atoms with Crippen molar-refractivity contribution in [3.8, 4) is 17.0 Å². The number of aryl methyl sites for hydroxylation is 3. The number of aromatic nitrogens is 2. The minimum Gasteiger partial charge on any atom is -0.508 e. The van der Waals surface area contributed by atoms with Crippen molar-refractivity contribution < 1.29 is 5.11 Å². The van der Waals surface area contributed by atoms with E-state index in [1.165, 1.54) is 5.56 Å². The largest absolute Gasteiger partial charge is 0.508 e. The van der Waals surface area contributed by atoms with Crippen molar-refractivity contribution in [2.24, 2.45) is 10.2 Å². The molecule has 0 spiro atoms. The third-order valence-electron chi connectivity index (χ3n) is 4.51. The number of azo groups is 1. The Morgan fingerprint density at radius 3 is 2.37 bits per heavy atom. The number of hydrogen-bond acceptors (Lipinski definition) is 4. The van der Waals surface area contributed by atoms with Gasteiger partial charge in [-0.1, -0.05) is 29.8 Å². The predicted octanol–water partition coefficient (Wildman–Crippen LogP) is 6.05. The molecule has 0 saturated carbocycles. The highest BCUT2D eigenvalue weighted by Crippen LogP contribution is 2.33. The summed E-state index contributed by atoms with van der Waals surface area (Å²) in [6.07, 6.45) is 1.97. The highest BCUT2D eigenvalue weighted by atomic mass is 16.3. The Hall–Kier alpha value is -3.47. The number of hydrogen-bond donors (Lipinski definition) is 1. The van der Waals surface area contributed by atoms with Crippen LogP contribution in [-0.2, 0) is 0 Å². The van der Waals surface area contributed by atoms with Gasteiger partial charge in [0.1, 0.15) is 17.1 Å². The van der Waals surface area contributed by atoms with Crippen LogP contribution in [0.2, 0.25) is 0 Å². The zero-order valence-corrected chi connectivity index (χ0v) is 15.5. The number of rotatable bonds is 3. The first-order chi connectivity index (χ1) is 13.0. The minimum atomic E-state index is 0.220. The van der Waals surface area contributed by atoms with Gasteiger partial charge in [0.25, 0.3) is 0 Å². The molecular formula is C22H20N4O. The van der Waals surface area contributed by atoms with Crippen molar-refractivity contribution in [3.63, 3.8) is 0 Å². The Bertz CT molecular complexity index is 1160. The van der Waals surface area contributed by atoms with Crippen LogP contribution in [0.15, 0.2) is 71.0 Å². The van der Waals surface area contributed by atoms with E-state index in [1.807, 2.05) is 36.6 Å². The lowest BCUT2D eigenvalue weighted by Crippen LogP contribution is -1.84. The molecule has 0 bridgehead atoms. The molecule has 27 heavy (non-hydrogen) atoms. The van der Waals surface area contributed by atoms with Crippen molar-refractivity contribution in [2.45, 2.75) is 20.8 Å². The zero-order valence-electron chi connectivity index (χ0n) is 15.5. The number of imidazole rings is 1. The van der Waals surface area contributed by atoms with Crippen LogP contribution in [-0.4, -0.2) is 14.5 Å². The maximum Gasteiger partial charge on any atom is 0.187 e. The fourth-order valence-corrected chi connectivity index (χ4v) is 2.99. The summed E-state index contributed by atoms with van der Waals surface area (Å²) in [5.74, 6) is 0.901. The summed E-state index contributed by atoms with van der Waals surface area (Å²) >= 11 is 0. The van der Waals surface area contributed by atoms with E-state index < -0.39 is 0 Å². The Morgan fingerprint density at radius 2 is 1.63 bits per heavy atom. The number of phenols is 1. The number of aromatic hydroxyl groups is 1. The standard InChI is InChI=1S/C22H20N4O/c1-14-4-6-17(7-5-14)21-22(26-11-10-15(2)12-20(26)23-21)25-24-19-9-8-18(27)13-16(19)3/h4-13,27H,1-3H3. The van der Waals surface area contributed by atoms with Gasteiger partial charge in [0, 0.05) is 11.8 Å². The van der Waals surface area contributed by atoms with Crippen LogP contribution in [0.4, 0.5) is 11.5 Å². The van der Waals surface area contributed by atoms with E-state index in [0.29, 0.717) is 11.5 Å². The summed E-state index contributed by atoms with van der Waals surface area (Å²) in [6, 6.07) is 17.3. The number of benzene rings is 2. The molecule has 0 unspecified atom stereocenters. The molecule has 0 saturated heterocycles. The fraction of sp³-hybridized carbons (Fsp3) is 0.136. The van der Waals surface area contributed by atoms with E-state index in [-0.39, 0.29) is 5.75 Å². The van der Waals surface area contributed by atoms with Gasteiger partial charge in [-0.25, -0.2) is 4.98 Å². The molecule has 4 aromatic rings. The van der Waals surface area contributed by atoms with Gasteiger partial charge < -0.3 is 5.11 Å². The lowest BCUT2D eigenvalue weighted by molar-refractivity contribution is 0.475. The molecular weight excluding hydrogens is 336 g/mol. The second-order valence-electron chi connectivity index (χ2n) is 6.75. The molecule has 134 valence electrons. The molecule has 0 amide bonds. The second kappa shape index (κ2) is 6.68. The minimum absolute atomic E-state index is 0.220. The van der Waals surface area contributed by atoms with Crippen LogP contribution in [0, 0.1) is 20.8 Å². The lowest BCUT2D eigenvalue weighted by atomic mass is 10.1. The summed E-state index contributed by atoms with van der Waals surface area (Å²) < 4.78 is 1.95. The van der Waals surface area contributed by atoms with Gasteiger partial charge in [0.15, 0.2) is 5.82 Å². The van der Waals surface area contributed by atoms with E-state index in [2.05, 4.69) is 41.4 Å². The fourth-order valence-electron chi connectivity index (χ4n) is 2.99. The van der Waals surface area contributed by atoms with Gasteiger partial charge in [-0.05, 0) is 62.2 Å². The lowest BCUT2D eigenvalue weighted by Gasteiger charge is -2.02. The molecule has 0 fully saturated rings. The van der Waals surface area contributed by atoms with Crippen LogP contribution in [0.1, 0.15) is 16.7 Å². The van der Waals surface area contributed by atoms with Crippen molar-refractivity contribution in [2.75, 3.05) is 0 Å². The monoisotopic (exact) mass is 356 g/mol. The quantitative estimate of drug-likeness (QED) is 0.454. The Labute approximate surface area is 157 Å². The zero-order chi connectivity index (χ0) is 19.0. The summed E-state index contributed by atoms with van der Waals surface area (Å²) in [7, 11) is 0. The van der Waals surface area contributed by atoms with E-state index in [0.717, 1.165) is 28.0 Å². The van der Waals surface area contributed by atoms with Gasteiger partial charge in [0.05, 0.1) is 5.69 Å². The molecule has 0 aliphatic heterocycles. The van der Waals surface area contributed by atoms with Gasteiger partial charge >= 0.3 is 0 Å². The van der Waals surface area contributed by atoms with Crippen molar-refractivity contribution in [1.82, 2.24) is 9.38 Å². The molecule has 0 atom stereocenters. The molecule has 5 nitrogen and oxygen atoms in total. The van der Waals surface area contributed by atoms with Crippen LogP contribution < -0.4 is 0 Å². The highest BCUT2D eigenvalue weighted by Gasteiger charge is 2.14. The van der Waals surface area contributed by atoms with Crippen molar-refractivity contribution in [3.05, 3.63) is 77.5 Å². The number of phenolic OH excluding ortho intramolecular Hbond substituents is 1. The molecule has 0 aliphatic rings. The summed E-state index contributed by atoms with van der Waals surface area (Å²) in [5, 5.41) is 18.5. The van der Waals surface area contributed by atoms with Crippen molar-refractivity contribution >= 4 is 17.2 Å². The molecule has 2 heterocycles. The third kappa shape index (κ3) is 3.31. The van der Waals surface area contributed by atoms with Crippen LogP contribution >= 0.6 is 0 Å². The van der Waals surface area contributed by atoms with Crippen LogP contribution in [0.3, 0.4) is 0 Å². The van der Waals surface area contributed by atoms with Gasteiger partial charge in [0.2, 0.25) is 0 Å². The van der Waals surface area contributed by atoms with E-state index in [9.17, 15) is 5.11 Å². The summed E-state index contributed by atoms with van der Waals surface area (Å²) in [6.45, 7) is 6.00. The maximum atomic E-state index is 9.59. The first kappa shape index (κ1) is 17.0. The normalized spacial score (nSPS) is 11.5. The SMILES string of the molecule is Cc1ccc(-c2nc3cc(C)ccn3c2N=Nc2ccc(O)cc2C)cc1. The molecule has 4 rings (SSSR count). The third-order valence-corrected chi connectivity index (χ3v) is 4.51. The Balaban J connectivity index is 1.88. The van der Waals surface area contributed by atoms with Gasteiger partial charge in [-0.2, -0.15) is 0 Å². The van der Waals surface area contributed by atoms with Gasteiger partial charge in [-0.3, -0.25) is 4.40 Å². The first-order valence-corrected chi connectivity index (χ1v) is 8.78. The molecule has 0 radical (unpaired) electrons. The van der Waals surface area contributed by atoms with E-state index in [4.69, 9.17) is 4.98 Å². The van der Waals surface area contributed by atoms with E-state index in [1.54, 1.807) is 18.2 Å². The van der Waals surface area contributed by atoms with Crippen LogP contribution in [0.5, 0.6) is 5.75 Å². The Morgan fingerprint density at radius 1 is 0.852 bits per heavy atom. The molecule has 5 heteroatoms. The van der Waals surface area contributed by atoms with Gasteiger partial charge in [-0.15, -0.1) is 10.2 Å². The average Bonchev–Trinajstić information content (AvgIpc) is 2.99.